The summed E-state index contributed by atoms with van der Waals surface area (Å²) < 4.78 is 5.13. The molecular weight excluding hydrogens is 256 g/mol. The Bertz CT molecular complexity index is 527. The molecule has 0 radical (unpaired) electrons. The monoisotopic (exact) mass is 268 g/mol. The highest BCUT2D eigenvalue weighted by Gasteiger charge is 2.65. The number of carbonyl (C=O) groups is 3. The molecule has 0 aromatic heterocycles. The summed E-state index contributed by atoms with van der Waals surface area (Å²) in [5.41, 5.74) is -0.147. The van der Waals surface area contributed by atoms with Crippen LogP contribution in [0.15, 0.2) is 11.5 Å². The van der Waals surface area contributed by atoms with Crippen molar-refractivity contribution in [1.29, 1.82) is 0 Å². The van der Waals surface area contributed by atoms with E-state index in [4.69, 9.17) is 9.84 Å². The molecule has 0 spiro atoms. The zero-order chi connectivity index (χ0) is 13.9. The van der Waals surface area contributed by atoms with Crippen LogP contribution in [0.2, 0.25) is 0 Å². The van der Waals surface area contributed by atoms with Crippen molar-refractivity contribution in [3.8, 4) is 0 Å². The fraction of sp³-hybridized carbons (Fsp3) is 0.545. The summed E-state index contributed by atoms with van der Waals surface area (Å²) in [5.74, 6) is -1.66. The number of piperidine rings is 1. The number of hydrogen-bond acceptors (Lipinski definition) is 4. The third-order valence-corrected chi connectivity index (χ3v) is 4.02. The van der Waals surface area contributed by atoms with Gasteiger partial charge in [0.15, 0.2) is 5.70 Å². The highest BCUT2D eigenvalue weighted by Crippen LogP contribution is 2.48. The van der Waals surface area contributed by atoms with Crippen LogP contribution in [0.3, 0.4) is 0 Å². The Morgan fingerprint density at radius 1 is 1.37 bits per heavy atom. The van der Waals surface area contributed by atoms with E-state index >= 15 is 0 Å². The summed E-state index contributed by atoms with van der Waals surface area (Å²) in [6.07, 6.45) is -0.698. The molecule has 8 nitrogen and oxygen atoms in total. The van der Waals surface area contributed by atoms with E-state index in [1.165, 1.54) is 7.11 Å². The van der Waals surface area contributed by atoms with Gasteiger partial charge < -0.3 is 14.9 Å². The normalized spacial score (nSPS) is 32.1. The van der Waals surface area contributed by atoms with Gasteiger partial charge in [-0.25, -0.2) is 9.59 Å². The average Bonchev–Trinajstić information content (AvgIpc) is 2.69. The fourth-order valence-corrected chi connectivity index (χ4v) is 3.31. The third kappa shape index (κ3) is 1.25. The van der Waals surface area contributed by atoms with E-state index in [2.05, 4.69) is 0 Å². The second-order valence-electron chi connectivity index (χ2n) is 4.74. The minimum Gasteiger partial charge on any atom is -0.498 e. The lowest BCUT2D eigenvalue weighted by atomic mass is 9.80. The van der Waals surface area contributed by atoms with Crippen LogP contribution < -0.4 is 0 Å². The first-order valence-electron chi connectivity index (χ1n) is 5.83. The number of methoxy groups -OCH3 is 1. The summed E-state index contributed by atoms with van der Waals surface area (Å²) >= 11 is 0. The summed E-state index contributed by atoms with van der Waals surface area (Å²) in [4.78, 5) is 36.6. The number of carboxylic acid groups (broad SMARTS) is 2. The first-order chi connectivity index (χ1) is 8.99. The Morgan fingerprint density at radius 2 is 2.05 bits per heavy atom. The Morgan fingerprint density at radius 3 is 2.58 bits per heavy atom. The fourth-order valence-electron chi connectivity index (χ4n) is 3.31. The highest BCUT2D eigenvalue weighted by atomic mass is 16.5. The van der Waals surface area contributed by atoms with Gasteiger partial charge in [0.05, 0.1) is 13.2 Å². The van der Waals surface area contributed by atoms with Gasteiger partial charge in [-0.05, 0) is 6.42 Å². The van der Waals surface area contributed by atoms with Gasteiger partial charge in [-0.1, -0.05) is 0 Å². The molecule has 2 amide bonds. The van der Waals surface area contributed by atoms with E-state index in [0.717, 1.165) is 9.80 Å². The molecule has 0 aliphatic carbocycles. The maximum absolute atomic E-state index is 12.0. The van der Waals surface area contributed by atoms with Crippen LogP contribution in [0.5, 0.6) is 0 Å². The van der Waals surface area contributed by atoms with Crippen LogP contribution in [0.1, 0.15) is 6.42 Å². The first-order valence-corrected chi connectivity index (χ1v) is 5.83. The molecule has 3 aliphatic heterocycles. The predicted octanol–water partition coefficient (Wildman–Crippen LogP) is -0.478. The van der Waals surface area contributed by atoms with Crippen molar-refractivity contribution in [2.75, 3.05) is 13.7 Å². The molecule has 3 aliphatic rings. The molecule has 1 unspecified atom stereocenters. The molecule has 3 rings (SSSR count). The Hall–Kier alpha value is -2.25. The molecule has 0 bridgehead atoms. The van der Waals surface area contributed by atoms with Gasteiger partial charge in [0.25, 0.3) is 5.91 Å². The number of nitrogens with zero attached hydrogens (tertiary/aromatic N) is 2. The molecule has 0 saturated carbocycles. The standard InChI is InChI=1S/C11H12N2O6/c1-19-8-4-2-3-12(11(17)18)6-5(4)13(9(6)14)7(8)10(15)16/h4-6H,2-3H2,1H3,(H,15,16)(H,17,18)/t4?,5-,6+/m1/s1. The SMILES string of the molecule is COC1=C(C(=O)O)N2C(=O)[C@@H]3[C@H]2C1CCN3C(=O)O. The van der Waals surface area contributed by atoms with E-state index in [-0.39, 0.29) is 23.9 Å². The lowest BCUT2D eigenvalue weighted by Gasteiger charge is -2.52. The van der Waals surface area contributed by atoms with E-state index in [1.54, 1.807) is 0 Å². The molecule has 2 N–H and O–H groups in total. The van der Waals surface area contributed by atoms with E-state index in [9.17, 15) is 19.5 Å². The van der Waals surface area contributed by atoms with E-state index in [0.29, 0.717) is 6.42 Å². The van der Waals surface area contributed by atoms with Crippen molar-refractivity contribution in [3.63, 3.8) is 0 Å². The maximum atomic E-state index is 12.0. The molecule has 102 valence electrons. The first kappa shape index (κ1) is 11.8. The Balaban J connectivity index is 2.01. The van der Waals surface area contributed by atoms with Crippen LogP contribution in [-0.2, 0) is 14.3 Å². The van der Waals surface area contributed by atoms with Crippen molar-refractivity contribution < 1.29 is 29.3 Å². The van der Waals surface area contributed by atoms with Crippen LogP contribution in [0, 0.1) is 5.92 Å². The second kappa shape index (κ2) is 3.62. The van der Waals surface area contributed by atoms with Crippen LogP contribution in [-0.4, -0.2) is 63.7 Å². The number of β-lactam (4-membered cyclic amide) rings is 1. The average molecular weight is 268 g/mol. The Kier molecular flexibility index (Phi) is 2.25. The minimum absolute atomic E-state index is 0.147. The molecule has 19 heavy (non-hydrogen) atoms. The van der Waals surface area contributed by atoms with Gasteiger partial charge in [0, 0.05) is 12.5 Å². The molecule has 0 aromatic carbocycles. The molecule has 2 saturated heterocycles. The topological polar surface area (TPSA) is 107 Å². The summed E-state index contributed by atoms with van der Waals surface area (Å²) in [7, 11) is 1.37. The van der Waals surface area contributed by atoms with Crippen molar-refractivity contribution in [2.45, 2.75) is 18.5 Å². The van der Waals surface area contributed by atoms with Gasteiger partial charge in [-0.15, -0.1) is 0 Å². The predicted molar refractivity (Wildman–Crippen MR) is 58.9 cm³/mol. The van der Waals surface area contributed by atoms with Crippen molar-refractivity contribution in [3.05, 3.63) is 11.5 Å². The number of ether oxygens (including phenoxy) is 1. The van der Waals surface area contributed by atoms with Crippen molar-refractivity contribution in [1.82, 2.24) is 9.80 Å². The number of carboxylic acids is 1. The summed E-state index contributed by atoms with van der Waals surface area (Å²) in [6.45, 7) is 0.209. The van der Waals surface area contributed by atoms with Gasteiger partial charge in [0.2, 0.25) is 0 Å². The molecule has 2 fully saturated rings. The minimum atomic E-state index is -1.22. The lowest BCUT2D eigenvalue weighted by Crippen LogP contribution is -2.73. The van der Waals surface area contributed by atoms with Crippen LogP contribution in [0.4, 0.5) is 4.79 Å². The smallest absolute Gasteiger partial charge is 0.408 e. The van der Waals surface area contributed by atoms with Gasteiger partial charge in [-0.2, -0.15) is 0 Å². The number of hydrogen-bond donors (Lipinski definition) is 2. The Labute approximate surface area is 107 Å². The maximum Gasteiger partial charge on any atom is 0.408 e. The number of rotatable bonds is 2. The second-order valence-corrected chi connectivity index (χ2v) is 4.74. The summed E-state index contributed by atoms with van der Waals surface area (Å²) in [6, 6.07) is -1.21. The largest absolute Gasteiger partial charge is 0.498 e. The molecule has 3 atom stereocenters. The lowest BCUT2D eigenvalue weighted by molar-refractivity contribution is -0.161. The van der Waals surface area contributed by atoms with Gasteiger partial charge in [-0.3, -0.25) is 14.6 Å². The summed E-state index contributed by atoms with van der Waals surface area (Å²) in [5, 5.41) is 18.3. The quantitative estimate of drug-likeness (QED) is 0.655. The van der Waals surface area contributed by atoms with Crippen LogP contribution in [0.25, 0.3) is 0 Å². The zero-order valence-electron chi connectivity index (χ0n) is 10.1. The van der Waals surface area contributed by atoms with E-state index in [1.807, 2.05) is 0 Å². The third-order valence-electron chi connectivity index (χ3n) is 4.02. The number of carbonyl (C=O) groups excluding carboxylic acids is 1. The highest BCUT2D eigenvalue weighted by molar-refractivity contribution is 6.02. The number of amides is 2. The number of aliphatic carboxylic acids is 1. The molecule has 8 heteroatoms. The molecular formula is C11H12N2O6. The van der Waals surface area contributed by atoms with Crippen molar-refractivity contribution in [2.24, 2.45) is 5.92 Å². The van der Waals surface area contributed by atoms with Gasteiger partial charge in [0.1, 0.15) is 11.8 Å². The van der Waals surface area contributed by atoms with E-state index < -0.39 is 30.1 Å². The van der Waals surface area contributed by atoms with Crippen LogP contribution >= 0.6 is 0 Å². The van der Waals surface area contributed by atoms with Crippen molar-refractivity contribution >= 4 is 18.0 Å². The number of likely N-dealkylation sites (tertiary alicyclic amines) is 1. The van der Waals surface area contributed by atoms with Gasteiger partial charge >= 0.3 is 12.1 Å². The molecule has 0 aromatic rings. The molecule has 3 heterocycles. The zero-order valence-corrected chi connectivity index (χ0v) is 10.1.